The van der Waals surface area contributed by atoms with Gasteiger partial charge in [-0.05, 0) is 25.0 Å². The van der Waals surface area contributed by atoms with Crippen molar-refractivity contribution in [2.75, 3.05) is 42.6 Å². The van der Waals surface area contributed by atoms with Gasteiger partial charge in [0.15, 0.2) is 5.58 Å². The lowest BCUT2D eigenvalue weighted by Crippen LogP contribution is -2.47. The van der Waals surface area contributed by atoms with Crippen LogP contribution in [-0.4, -0.2) is 53.5 Å². The van der Waals surface area contributed by atoms with E-state index < -0.39 is 0 Å². The highest BCUT2D eigenvalue weighted by molar-refractivity contribution is 7.99. The molecule has 1 amide bonds. The SMILES string of the molecule is O=C(C1CCCN(c2nc3ccc(Cl)cc3o2)C1)N1CCSCC1. The second-order valence-corrected chi connectivity index (χ2v) is 7.99. The summed E-state index contributed by atoms with van der Waals surface area (Å²) < 4.78 is 5.86. The largest absolute Gasteiger partial charge is 0.423 e. The minimum absolute atomic E-state index is 0.0421. The van der Waals surface area contributed by atoms with E-state index in [1.807, 2.05) is 28.8 Å². The van der Waals surface area contributed by atoms with Gasteiger partial charge in [0.1, 0.15) is 5.52 Å². The number of aromatic nitrogens is 1. The molecule has 0 spiro atoms. The number of oxazole rings is 1. The molecule has 128 valence electrons. The number of nitrogens with zero attached hydrogens (tertiary/aromatic N) is 3. The van der Waals surface area contributed by atoms with Gasteiger partial charge < -0.3 is 14.2 Å². The number of rotatable bonds is 2. The monoisotopic (exact) mass is 365 g/mol. The zero-order chi connectivity index (χ0) is 16.5. The molecule has 0 radical (unpaired) electrons. The van der Waals surface area contributed by atoms with Crippen LogP contribution < -0.4 is 4.90 Å². The molecule has 24 heavy (non-hydrogen) atoms. The minimum atomic E-state index is 0.0421. The summed E-state index contributed by atoms with van der Waals surface area (Å²) in [6.07, 6.45) is 1.93. The molecule has 5 nitrogen and oxygen atoms in total. The number of amides is 1. The summed E-state index contributed by atoms with van der Waals surface area (Å²) in [6.45, 7) is 3.31. The molecule has 2 aliphatic rings. The number of benzene rings is 1. The molecule has 3 heterocycles. The first-order valence-corrected chi connectivity index (χ1v) is 9.91. The molecular weight excluding hydrogens is 346 g/mol. The molecule has 0 saturated carbocycles. The van der Waals surface area contributed by atoms with E-state index in [-0.39, 0.29) is 5.92 Å². The van der Waals surface area contributed by atoms with E-state index in [1.54, 1.807) is 6.07 Å². The van der Waals surface area contributed by atoms with Crippen molar-refractivity contribution in [3.63, 3.8) is 0 Å². The van der Waals surface area contributed by atoms with Crippen LogP contribution in [0, 0.1) is 5.92 Å². The molecule has 0 N–H and O–H groups in total. The van der Waals surface area contributed by atoms with Crippen molar-refractivity contribution < 1.29 is 9.21 Å². The molecule has 0 aliphatic carbocycles. The highest BCUT2D eigenvalue weighted by Gasteiger charge is 2.31. The summed E-state index contributed by atoms with van der Waals surface area (Å²) in [6, 6.07) is 6.06. The maximum absolute atomic E-state index is 12.8. The number of hydrogen-bond donors (Lipinski definition) is 0. The fourth-order valence-corrected chi connectivity index (χ4v) is 4.48. The Morgan fingerprint density at radius 2 is 2.12 bits per heavy atom. The second kappa shape index (κ2) is 6.84. The number of hydrogen-bond acceptors (Lipinski definition) is 5. The van der Waals surface area contributed by atoms with Crippen LogP contribution in [0.1, 0.15) is 12.8 Å². The molecule has 2 fully saturated rings. The topological polar surface area (TPSA) is 49.6 Å². The van der Waals surface area contributed by atoms with Crippen molar-refractivity contribution in [1.29, 1.82) is 0 Å². The Bertz CT molecular complexity index is 745. The molecule has 0 bridgehead atoms. The predicted molar refractivity (Wildman–Crippen MR) is 97.9 cm³/mol. The van der Waals surface area contributed by atoms with Gasteiger partial charge in [-0.15, -0.1) is 0 Å². The van der Waals surface area contributed by atoms with Gasteiger partial charge in [-0.2, -0.15) is 16.7 Å². The van der Waals surface area contributed by atoms with E-state index in [4.69, 9.17) is 16.0 Å². The van der Waals surface area contributed by atoms with E-state index in [1.165, 1.54) is 0 Å². The summed E-state index contributed by atoms with van der Waals surface area (Å²) in [7, 11) is 0. The fourth-order valence-electron chi connectivity index (χ4n) is 3.42. The molecule has 4 rings (SSSR count). The van der Waals surface area contributed by atoms with Gasteiger partial charge >= 0.3 is 0 Å². The van der Waals surface area contributed by atoms with Crippen molar-refractivity contribution in [2.24, 2.45) is 5.92 Å². The molecule has 2 saturated heterocycles. The number of halogens is 1. The van der Waals surface area contributed by atoms with Crippen molar-refractivity contribution in [2.45, 2.75) is 12.8 Å². The number of carbonyl (C=O) groups is 1. The van der Waals surface area contributed by atoms with Crippen LogP contribution in [0.2, 0.25) is 5.02 Å². The quantitative estimate of drug-likeness (QED) is 0.817. The van der Waals surface area contributed by atoms with Gasteiger partial charge in [-0.3, -0.25) is 4.79 Å². The lowest BCUT2D eigenvalue weighted by atomic mass is 9.96. The number of anilines is 1. The van der Waals surface area contributed by atoms with Crippen LogP contribution in [0.4, 0.5) is 6.01 Å². The van der Waals surface area contributed by atoms with E-state index in [0.29, 0.717) is 29.1 Å². The normalized spacial score (nSPS) is 22.1. The predicted octanol–water partition coefficient (Wildman–Crippen LogP) is 3.27. The van der Waals surface area contributed by atoms with Crippen LogP contribution in [0.15, 0.2) is 22.6 Å². The first-order chi connectivity index (χ1) is 11.7. The Balaban J connectivity index is 1.50. The van der Waals surface area contributed by atoms with Gasteiger partial charge in [-0.25, -0.2) is 0 Å². The lowest BCUT2D eigenvalue weighted by Gasteiger charge is -2.35. The molecule has 1 aromatic carbocycles. The maximum Gasteiger partial charge on any atom is 0.298 e. The third-order valence-corrected chi connectivity index (χ3v) is 5.88. The lowest BCUT2D eigenvalue weighted by molar-refractivity contribution is -0.135. The minimum Gasteiger partial charge on any atom is -0.423 e. The third kappa shape index (κ3) is 3.22. The summed E-state index contributed by atoms with van der Waals surface area (Å²) in [5, 5.41) is 0.639. The van der Waals surface area contributed by atoms with Crippen LogP contribution in [0.5, 0.6) is 0 Å². The van der Waals surface area contributed by atoms with Crippen molar-refractivity contribution in [3.05, 3.63) is 23.2 Å². The first kappa shape index (κ1) is 16.1. The number of fused-ring (bicyclic) bond motifs is 1. The Kier molecular flexibility index (Phi) is 4.59. The zero-order valence-electron chi connectivity index (χ0n) is 13.4. The zero-order valence-corrected chi connectivity index (χ0v) is 15.0. The molecule has 1 aromatic heterocycles. The van der Waals surface area contributed by atoms with E-state index >= 15 is 0 Å². The third-order valence-electron chi connectivity index (χ3n) is 4.70. The van der Waals surface area contributed by atoms with E-state index in [2.05, 4.69) is 9.88 Å². The highest BCUT2D eigenvalue weighted by Crippen LogP contribution is 2.29. The fraction of sp³-hybridized carbons (Fsp3) is 0.529. The van der Waals surface area contributed by atoms with E-state index in [9.17, 15) is 4.79 Å². The van der Waals surface area contributed by atoms with Gasteiger partial charge in [0.05, 0.1) is 5.92 Å². The number of piperidine rings is 1. The van der Waals surface area contributed by atoms with Gasteiger partial charge in [-0.1, -0.05) is 11.6 Å². The van der Waals surface area contributed by atoms with Gasteiger partial charge in [0.25, 0.3) is 6.01 Å². The smallest absolute Gasteiger partial charge is 0.298 e. The van der Waals surface area contributed by atoms with Gasteiger partial charge in [0.2, 0.25) is 5.91 Å². The Labute approximate surface area is 150 Å². The number of thioether (sulfide) groups is 1. The van der Waals surface area contributed by atoms with Crippen molar-refractivity contribution in [3.8, 4) is 0 Å². The van der Waals surface area contributed by atoms with Crippen LogP contribution >= 0.6 is 23.4 Å². The Morgan fingerprint density at radius 3 is 2.96 bits per heavy atom. The summed E-state index contributed by atoms with van der Waals surface area (Å²) in [5.74, 6) is 2.43. The average molecular weight is 366 g/mol. The van der Waals surface area contributed by atoms with Crippen LogP contribution in [-0.2, 0) is 4.79 Å². The Morgan fingerprint density at radius 1 is 1.29 bits per heavy atom. The summed E-state index contributed by atoms with van der Waals surface area (Å²) in [4.78, 5) is 21.4. The highest BCUT2D eigenvalue weighted by atomic mass is 35.5. The summed E-state index contributed by atoms with van der Waals surface area (Å²) >= 11 is 7.93. The maximum atomic E-state index is 12.8. The summed E-state index contributed by atoms with van der Waals surface area (Å²) in [5.41, 5.74) is 1.50. The average Bonchev–Trinajstić information content (AvgIpc) is 3.05. The van der Waals surface area contributed by atoms with Gasteiger partial charge in [0, 0.05) is 48.8 Å². The van der Waals surface area contributed by atoms with Crippen LogP contribution in [0.3, 0.4) is 0 Å². The molecule has 7 heteroatoms. The molecule has 1 unspecified atom stereocenters. The Hall–Kier alpha value is -1.40. The molecule has 2 aliphatic heterocycles. The first-order valence-electron chi connectivity index (χ1n) is 8.38. The number of carbonyl (C=O) groups excluding carboxylic acids is 1. The van der Waals surface area contributed by atoms with Crippen molar-refractivity contribution in [1.82, 2.24) is 9.88 Å². The molecule has 2 aromatic rings. The van der Waals surface area contributed by atoms with E-state index in [0.717, 1.165) is 49.5 Å². The molecule has 1 atom stereocenters. The second-order valence-electron chi connectivity index (χ2n) is 6.33. The van der Waals surface area contributed by atoms with Crippen molar-refractivity contribution >= 4 is 46.4 Å². The standard InChI is InChI=1S/C17H20ClN3O2S/c18-13-3-4-14-15(10-13)23-17(19-14)21-5-1-2-12(11-21)16(22)20-6-8-24-9-7-20/h3-4,10,12H,1-2,5-9,11H2. The van der Waals surface area contributed by atoms with Crippen LogP contribution in [0.25, 0.3) is 11.1 Å². The molecular formula is C17H20ClN3O2S.